The highest BCUT2D eigenvalue weighted by Crippen LogP contribution is 2.14. The fourth-order valence-electron chi connectivity index (χ4n) is 1.56. The number of carbonyl (C=O) groups excluding carboxylic acids is 1. The molecule has 1 rings (SSSR count). The molecular formula is C13H20N2O7. The number of ether oxygens (including phenoxy) is 1. The van der Waals surface area contributed by atoms with Crippen molar-refractivity contribution in [3.8, 4) is 5.75 Å². The van der Waals surface area contributed by atoms with E-state index in [2.05, 4.69) is 10.9 Å². The summed E-state index contributed by atoms with van der Waals surface area (Å²) in [5.41, 5.74) is 5.12. The zero-order valence-corrected chi connectivity index (χ0v) is 11.9. The van der Waals surface area contributed by atoms with Crippen LogP contribution in [0.25, 0.3) is 0 Å². The molecule has 1 aromatic carbocycles. The molecule has 0 fully saturated rings. The number of aliphatic hydroxyl groups is 5. The molecule has 124 valence electrons. The predicted molar refractivity (Wildman–Crippen MR) is 75.9 cm³/mol. The van der Waals surface area contributed by atoms with Gasteiger partial charge in [-0.1, -0.05) is 0 Å². The van der Waals surface area contributed by atoms with Crippen LogP contribution < -0.4 is 15.6 Å². The van der Waals surface area contributed by atoms with E-state index < -0.39 is 36.9 Å². The van der Waals surface area contributed by atoms with Crippen molar-refractivity contribution >= 4 is 11.6 Å². The quantitative estimate of drug-likeness (QED) is 0.262. The van der Waals surface area contributed by atoms with Crippen LogP contribution in [0.1, 0.15) is 0 Å². The van der Waals surface area contributed by atoms with E-state index in [9.17, 15) is 20.1 Å². The molecule has 0 aliphatic carbocycles. The second-order valence-electron chi connectivity index (χ2n) is 4.52. The van der Waals surface area contributed by atoms with Crippen molar-refractivity contribution in [3.05, 3.63) is 24.3 Å². The van der Waals surface area contributed by atoms with Gasteiger partial charge in [-0.05, 0) is 24.3 Å². The minimum atomic E-state index is -2.00. The van der Waals surface area contributed by atoms with E-state index in [-0.39, 0.29) is 0 Å². The minimum Gasteiger partial charge on any atom is -0.497 e. The Labute approximate surface area is 126 Å². The maximum atomic E-state index is 11.6. The highest BCUT2D eigenvalue weighted by Gasteiger charge is 2.34. The molecule has 0 saturated heterocycles. The molecule has 0 aliphatic heterocycles. The van der Waals surface area contributed by atoms with Crippen molar-refractivity contribution in [3.63, 3.8) is 0 Å². The fraction of sp³-hybridized carbons (Fsp3) is 0.462. The van der Waals surface area contributed by atoms with Gasteiger partial charge in [0.2, 0.25) is 0 Å². The van der Waals surface area contributed by atoms with E-state index in [0.717, 1.165) is 0 Å². The van der Waals surface area contributed by atoms with Gasteiger partial charge in [0.05, 0.1) is 19.4 Å². The molecule has 22 heavy (non-hydrogen) atoms. The van der Waals surface area contributed by atoms with Gasteiger partial charge in [-0.2, -0.15) is 0 Å². The average molecular weight is 316 g/mol. The molecule has 0 unspecified atom stereocenters. The van der Waals surface area contributed by atoms with Gasteiger partial charge >= 0.3 is 0 Å². The van der Waals surface area contributed by atoms with Crippen LogP contribution in [0.3, 0.4) is 0 Å². The van der Waals surface area contributed by atoms with E-state index in [1.165, 1.54) is 7.11 Å². The van der Waals surface area contributed by atoms with Gasteiger partial charge in [-0.3, -0.25) is 15.6 Å². The van der Waals surface area contributed by atoms with Crippen molar-refractivity contribution < 1.29 is 35.1 Å². The van der Waals surface area contributed by atoms with Crippen molar-refractivity contribution in [1.82, 2.24) is 5.43 Å². The first-order valence-corrected chi connectivity index (χ1v) is 6.43. The summed E-state index contributed by atoms with van der Waals surface area (Å²) in [6, 6.07) is 6.49. The Morgan fingerprint density at radius 2 is 1.73 bits per heavy atom. The summed E-state index contributed by atoms with van der Waals surface area (Å²) < 4.78 is 4.96. The average Bonchev–Trinajstić information content (AvgIpc) is 2.57. The summed E-state index contributed by atoms with van der Waals surface area (Å²) in [6.07, 6.45) is -7.50. The molecule has 9 heteroatoms. The number of benzene rings is 1. The fourth-order valence-corrected chi connectivity index (χ4v) is 1.56. The van der Waals surface area contributed by atoms with Gasteiger partial charge in [0.15, 0.2) is 6.10 Å². The molecule has 7 N–H and O–H groups in total. The number of anilines is 1. The minimum absolute atomic E-state index is 0.492. The van der Waals surface area contributed by atoms with Crippen LogP contribution in [0.4, 0.5) is 5.69 Å². The normalized spacial score (nSPS) is 16.3. The maximum Gasteiger partial charge on any atom is 0.269 e. The third-order valence-corrected chi connectivity index (χ3v) is 2.94. The van der Waals surface area contributed by atoms with Crippen molar-refractivity contribution in [2.45, 2.75) is 24.4 Å². The van der Waals surface area contributed by atoms with Crippen molar-refractivity contribution in [2.24, 2.45) is 0 Å². The van der Waals surface area contributed by atoms with Crippen LogP contribution in [-0.2, 0) is 4.79 Å². The summed E-state index contributed by atoms with van der Waals surface area (Å²) in [5, 5.41) is 46.3. The number of hydrogen-bond donors (Lipinski definition) is 7. The molecule has 4 atom stereocenters. The van der Waals surface area contributed by atoms with E-state index in [0.29, 0.717) is 11.4 Å². The molecule has 0 aliphatic rings. The van der Waals surface area contributed by atoms with Gasteiger partial charge in [0.1, 0.15) is 24.1 Å². The number of hydrazine groups is 1. The third kappa shape index (κ3) is 4.83. The summed E-state index contributed by atoms with van der Waals surface area (Å²) in [6.45, 7) is -0.823. The lowest BCUT2D eigenvalue weighted by Crippen LogP contribution is -2.52. The second-order valence-corrected chi connectivity index (χ2v) is 4.52. The number of hydrogen-bond acceptors (Lipinski definition) is 8. The number of nitrogens with one attached hydrogen (secondary N) is 2. The standard InChI is InChI=1S/C13H20N2O7/c1-22-8-4-2-7(3-5-8)14-15-13(21)12(20)11(19)10(18)9(17)6-16/h2-5,9-12,14,16-20H,6H2,1H3,(H,15,21)/t9-,10-,11+,12+/m1/s1. The molecule has 0 aromatic heterocycles. The highest BCUT2D eigenvalue weighted by atomic mass is 16.5. The van der Waals surface area contributed by atoms with Gasteiger partial charge in [-0.15, -0.1) is 0 Å². The Balaban J connectivity index is 2.52. The predicted octanol–water partition coefficient (Wildman–Crippen LogP) is -2.43. The number of rotatable bonds is 8. The highest BCUT2D eigenvalue weighted by molar-refractivity contribution is 5.82. The zero-order chi connectivity index (χ0) is 16.7. The molecular weight excluding hydrogens is 296 g/mol. The monoisotopic (exact) mass is 316 g/mol. The van der Waals surface area contributed by atoms with Crippen LogP contribution in [0.15, 0.2) is 24.3 Å². The SMILES string of the molecule is COc1ccc(NNC(=O)[C@@H](O)[C@@H](O)[C@H](O)[C@H](O)CO)cc1. The van der Waals surface area contributed by atoms with Gasteiger partial charge in [-0.25, -0.2) is 0 Å². The van der Waals surface area contributed by atoms with Crippen molar-refractivity contribution in [2.75, 3.05) is 19.1 Å². The number of aliphatic hydroxyl groups excluding tert-OH is 5. The van der Waals surface area contributed by atoms with Gasteiger partial charge < -0.3 is 30.3 Å². The molecule has 1 amide bonds. The first-order valence-electron chi connectivity index (χ1n) is 6.43. The maximum absolute atomic E-state index is 11.6. The summed E-state index contributed by atoms with van der Waals surface area (Å²) in [4.78, 5) is 11.6. The topological polar surface area (TPSA) is 152 Å². The lowest BCUT2D eigenvalue weighted by molar-refractivity contribution is -0.148. The number of amides is 1. The van der Waals surface area contributed by atoms with Crippen LogP contribution >= 0.6 is 0 Å². The van der Waals surface area contributed by atoms with Crippen LogP contribution in [0, 0.1) is 0 Å². The summed E-state index contributed by atoms with van der Waals surface area (Å²) in [5.74, 6) is -0.402. The lowest BCUT2D eigenvalue weighted by Gasteiger charge is -2.25. The summed E-state index contributed by atoms with van der Waals surface area (Å²) >= 11 is 0. The van der Waals surface area contributed by atoms with Crippen LogP contribution in [0.2, 0.25) is 0 Å². The molecule has 9 nitrogen and oxygen atoms in total. The molecule has 0 radical (unpaired) electrons. The van der Waals surface area contributed by atoms with E-state index in [4.69, 9.17) is 14.9 Å². The van der Waals surface area contributed by atoms with E-state index in [1.54, 1.807) is 24.3 Å². The molecule has 0 spiro atoms. The third-order valence-electron chi connectivity index (χ3n) is 2.94. The Kier molecular flexibility index (Phi) is 7.02. The van der Waals surface area contributed by atoms with Crippen LogP contribution in [-0.4, -0.2) is 69.6 Å². The first-order chi connectivity index (χ1) is 10.4. The Morgan fingerprint density at radius 3 is 2.23 bits per heavy atom. The lowest BCUT2D eigenvalue weighted by atomic mass is 10.0. The van der Waals surface area contributed by atoms with Crippen LogP contribution in [0.5, 0.6) is 5.75 Å². The zero-order valence-electron chi connectivity index (χ0n) is 11.9. The molecule has 0 heterocycles. The van der Waals surface area contributed by atoms with E-state index in [1.807, 2.05) is 0 Å². The Bertz CT molecular complexity index is 468. The van der Waals surface area contributed by atoms with Gasteiger partial charge in [0.25, 0.3) is 5.91 Å². The first kappa shape index (κ1) is 18.1. The number of carbonyl (C=O) groups is 1. The largest absolute Gasteiger partial charge is 0.497 e. The smallest absolute Gasteiger partial charge is 0.269 e. The van der Waals surface area contributed by atoms with Crippen molar-refractivity contribution in [1.29, 1.82) is 0 Å². The molecule has 0 saturated carbocycles. The van der Waals surface area contributed by atoms with Gasteiger partial charge in [0, 0.05) is 0 Å². The summed E-state index contributed by atoms with van der Waals surface area (Å²) in [7, 11) is 1.51. The second kappa shape index (κ2) is 8.51. The molecule has 1 aromatic rings. The Hall–Kier alpha value is -1.91. The molecule has 0 bridgehead atoms. The number of methoxy groups -OCH3 is 1. The van der Waals surface area contributed by atoms with E-state index >= 15 is 0 Å². The Morgan fingerprint density at radius 1 is 1.14 bits per heavy atom.